The van der Waals surface area contributed by atoms with Gasteiger partial charge in [-0.05, 0) is 44.5 Å². The summed E-state index contributed by atoms with van der Waals surface area (Å²) in [5, 5.41) is 3.69. The Labute approximate surface area is 154 Å². The van der Waals surface area contributed by atoms with Crippen LogP contribution in [-0.2, 0) is 21.1 Å². The number of rotatable bonds is 7. The molecule has 0 bridgehead atoms. The van der Waals surface area contributed by atoms with E-state index in [4.69, 9.17) is 0 Å². The predicted octanol–water partition coefficient (Wildman–Crippen LogP) is 2.83. The van der Waals surface area contributed by atoms with E-state index in [1.165, 1.54) is 13.4 Å². The summed E-state index contributed by atoms with van der Waals surface area (Å²) in [6, 6.07) is 7.21. The largest absolute Gasteiger partial charge is 0.399 e. The standard InChI is InChI=1S/C18H24N4O3S/c1-6-22(18-20-13(2)11-14(3)21-18)16-8-7-15(9-10-19-25-4)12-17(16)26(5,23)24/h7-8,10-12H,6,9H2,1-5H3. The molecule has 1 aromatic heterocycles. The highest BCUT2D eigenvalue weighted by Gasteiger charge is 2.21. The van der Waals surface area contributed by atoms with Crippen LogP contribution in [0, 0.1) is 13.8 Å². The van der Waals surface area contributed by atoms with Gasteiger partial charge in [0.25, 0.3) is 0 Å². The highest BCUT2D eigenvalue weighted by atomic mass is 32.2. The van der Waals surface area contributed by atoms with Crippen LogP contribution in [0.25, 0.3) is 0 Å². The van der Waals surface area contributed by atoms with Gasteiger partial charge in [0.05, 0.1) is 10.6 Å². The van der Waals surface area contributed by atoms with Crippen molar-refractivity contribution in [2.24, 2.45) is 5.16 Å². The molecule has 0 saturated carbocycles. The summed E-state index contributed by atoms with van der Waals surface area (Å²) in [6.07, 6.45) is 3.27. The molecule has 0 atom stereocenters. The van der Waals surface area contributed by atoms with Crippen molar-refractivity contribution in [3.05, 3.63) is 41.2 Å². The third kappa shape index (κ3) is 4.78. The average Bonchev–Trinajstić information content (AvgIpc) is 2.55. The maximum Gasteiger partial charge on any atom is 0.230 e. The average molecular weight is 376 g/mol. The fourth-order valence-electron chi connectivity index (χ4n) is 2.67. The van der Waals surface area contributed by atoms with Crippen molar-refractivity contribution in [1.29, 1.82) is 0 Å². The molecule has 0 amide bonds. The lowest BCUT2D eigenvalue weighted by molar-refractivity contribution is 0.215. The molecular weight excluding hydrogens is 352 g/mol. The Morgan fingerprint density at radius 3 is 2.38 bits per heavy atom. The zero-order valence-corrected chi connectivity index (χ0v) is 16.5. The molecule has 1 aromatic carbocycles. The summed E-state index contributed by atoms with van der Waals surface area (Å²) in [6.45, 7) is 6.26. The van der Waals surface area contributed by atoms with Crippen molar-refractivity contribution in [3.63, 3.8) is 0 Å². The molecule has 0 aliphatic carbocycles. The van der Waals surface area contributed by atoms with Gasteiger partial charge in [-0.3, -0.25) is 0 Å². The molecule has 0 saturated heterocycles. The van der Waals surface area contributed by atoms with E-state index in [9.17, 15) is 8.42 Å². The number of anilines is 2. The van der Waals surface area contributed by atoms with Gasteiger partial charge in [0.15, 0.2) is 9.84 Å². The van der Waals surface area contributed by atoms with Gasteiger partial charge in [-0.15, -0.1) is 0 Å². The number of aromatic nitrogens is 2. The predicted molar refractivity (Wildman–Crippen MR) is 103 cm³/mol. The molecule has 2 aromatic rings. The lowest BCUT2D eigenvalue weighted by atomic mass is 10.1. The molecule has 2 rings (SSSR count). The first-order valence-electron chi connectivity index (χ1n) is 8.24. The van der Waals surface area contributed by atoms with Crippen LogP contribution < -0.4 is 4.90 Å². The third-order valence-corrected chi connectivity index (χ3v) is 4.88. The molecule has 0 aliphatic heterocycles. The van der Waals surface area contributed by atoms with Crippen molar-refractivity contribution in [1.82, 2.24) is 9.97 Å². The number of nitrogens with zero attached hydrogens (tertiary/aromatic N) is 4. The Kier molecular flexibility index (Phi) is 6.31. The van der Waals surface area contributed by atoms with E-state index in [-0.39, 0.29) is 4.90 Å². The first-order chi connectivity index (χ1) is 12.3. The lowest BCUT2D eigenvalue weighted by Gasteiger charge is -2.24. The van der Waals surface area contributed by atoms with Crippen molar-refractivity contribution in [2.75, 3.05) is 24.8 Å². The topological polar surface area (TPSA) is 84.8 Å². The smallest absolute Gasteiger partial charge is 0.230 e. The maximum absolute atomic E-state index is 12.4. The van der Waals surface area contributed by atoms with Gasteiger partial charge >= 0.3 is 0 Å². The molecule has 0 N–H and O–H groups in total. The minimum atomic E-state index is -3.44. The first kappa shape index (κ1) is 19.8. The van der Waals surface area contributed by atoms with Gasteiger partial charge in [-0.25, -0.2) is 18.4 Å². The fraction of sp³-hybridized carbons (Fsp3) is 0.389. The summed E-state index contributed by atoms with van der Waals surface area (Å²) in [5.41, 5.74) is 3.05. The van der Waals surface area contributed by atoms with Gasteiger partial charge in [0.2, 0.25) is 5.95 Å². The van der Waals surface area contributed by atoms with Gasteiger partial charge < -0.3 is 9.74 Å². The summed E-state index contributed by atoms with van der Waals surface area (Å²) in [4.78, 5) is 15.6. The third-order valence-electron chi connectivity index (χ3n) is 3.75. The molecule has 0 spiro atoms. The zero-order chi connectivity index (χ0) is 19.3. The van der Waals surface area contributed by atoms with E-state index in [1.807, 2.05) is 37.8 Å². The summed E-state index contributed by atoms with van der Waals surface area (Å²) in [5.74, 6) is 0.489. The summed E-state index contributed by atoms with van der Waals surface area (Å²) < 4.78 is 24.8. The number of oxime groups is 1. The second-order valence-electron chi connectivity index (χ2n) is 5.94. The SMILES string of the molecule is CCN(c1nc(C)cc(C)n1)c1ccc(CC=NOC)cc1S(C)(=O)=O. The zero-order valence-electron chi connectivity index (χ0n) is 15.7. The van der Waals surface area contributed by atoms with E-state index >= 15 is 0 Å². The second kappa shape index (κ2) is 8.27. The molecule has 7 nitrogen and oxygen atoms in total. The number of aryl methyl sites for hydroxylation is 2. The molecule has 0 aliphatic rings. The van der Waals surface area contributed by atoms with E-state index in [2.05, 4.69) is 20.0 Å². The quantitative estimate of drug-likeness (QED) is 0.546. The van der Waals surface area contributed by atoms with E-state index in [0.717, 1.165) is 17.0 Å². The Bertz CT molecular complexity index is 890. The molecule has 26 heavy (non-hydrogen) atoms. The number of hydrogen-bond donors (Lipinski definition) is 0. The monoisotopic (exact) mass is 376 g/mol. The Morgan fingerprint density at radius 2 is 1.85 bits per heavy atom. The minimum Gasteiger partial charge on any atom is -0.399 e. The van der Waals surface area contributed by atoms with Gasteiger partial charge in [-0.1, -0.05) is 11.2 Å². The minimum absolute atomic E-state index is 0.241. The molecular formula is C18H24N4O3S. The Morgan fingerprint density at radius 1 is 1.19 bits per heavy atom. The molecule has 0 unspecified atom stereocenters. The first-order valence-corrected chi connectivity index (χ1v) is 10.1. The number of benzene rings is 1. The van der Waals surface area contributed by atoms with Gasteiger partial charge in [-0.2, -0.15) is 0 Å². The van der Waals surface area contributed by atoms with Crippen molar-refractivity contribution in [3.8, 4) is 0 Å². The van der Waals surface area contributed by atoms with E-state index in [0.29, 0.717) is 24.6 Å². The molecule has 140 valence electrons. The van der Waals surface area contributed by atoms with Gasteiger partial charge in [0.1, 0.15) is 7.11 Å². The maximum atomic E-state index is 12.4. The number of hydrogen-bond acceptors (Lipinski definition) is 7. The number of sulfone groups is 1. The second-order valence-corrected chi connectivity index (χ2v) is 7.93. The summed E-state index contributed by atoms with van der Waals surface area (Å²) in [7, 11) is -1.98. The molecule has 0 radical (unpaired) electrons. The highest BCUT2D eigenvalue weighted by Crippen LogP contribution is 2.31. The lowest BCUT2D eigenvalue weighted by Crippen LogP contribution is -2.22. The molecule has 8 heteroatoms. The Hall–Kier alpha value is -2.48. The Balaban J connectivity index is 2.56. The van der Waals surface area contributed by atoms with Crippen LogP contribution in [0.15, 0.2) is 34.3 Å². The van der Waals surface area contributed by atoms with Crippen LogP contribution in [-0.4, -0.2) is 44.5 Å². The van der Waals surface area contributed by atoms with Crippen molar-refractivity contribution < 1.29 is 13.3 Å². The highest BCUT2D eigenvalue weighted by molar-refractivity contribution is 7.90. The van der Waals surface area contributed by atoms with E-state index < -0.39 is 9.84 Å². The van der Waals surface area contributed by atoms with E-state index in [1.54, 1.807) is 18.3 Å². The van der Waals surface area contributed by atoms with Crippen LogP contribution in [0.4, 0.5) is 11.6 Å². The van der Waals surface area contributed by atoms with Crippen LogP contribution in [0.2, 0.25) is 0 Å². The van der Waals surface area contributed by atoms with Crippen molar-refractivity contribution >= 4 is 27.7 Å². The van der Waals surface area contributed by atoms with Crippen molar-refractivity contribution in [2.45, 2.75) is 32.1 Å². The van der Waals surface area contributed by atoms with Crippen LogP contribution >= 0.6 is 0 Å². The molecule has 0 fully saturated rings. The van der Waals surface area contributed by atoms with Crippen LogP contribution in [0.1, 0.15) is 23.9 Å². The molecule has 1 heterocycles. The van der Waals surface area contributed by atoms with Crippen LogP contribution in [0.5, 0.6) is 0 Å². The van der Waals surface area contributed by atoms with Gasteiger partial charge in [0, 0.05) is 36.8 Å². The summed E-state index contributed by atoms with van der Waals surface area (Å²) >= 11 is 0. The van der Waals surface area contributed by atoms with Crippen LogP contribution in [0.3, 0.4) is 0 Å². The fourth-order valence-corrected chi connectivity index (χ4v) is 3.59. The normalized spacial score (nSPS) is 11.7.